The summed E-state index contributed by atoms with van der Waals surface area (Å²) in [5.74, 6) is 2.81. The van der Waals surface area contributed by atoms with Crippen LogP contribution in [0.3, 0.4) is 0 Å². The van der Waals surface area contributed by atoms with Crippen molar-refractivity contribution in [1.82, 2.24) is 0 Å². The van der Waals surface area contributed by atoms with Crippen LogP contribution in [0.2, 0.25) is 0 Å². The molecule has 0 radical (unpaired) electrons. The Morgan fingerprint density at radius 2 is 1.38 bits per heavy atom. The molecule has 0 heterocycles. The van der Waals surface area contributed by atoms with Crippen LogP contribution in [0, 0.1) is 18.8 Å². The fraction of sp³-hybridized carbons (Fsp3) is 0.714. The molecule has 0 N–H and O–H groups in total. The molecule has 116 valence electrons. The fourth-order valence-electron chi connectivity index (χ4n) is 4.73. The maximum absolute atomic E-state index is 2.43. The van der Waals surface area contributed by atoms with Crippen molar-refractivity contribution in [3.05, 3.63) is 35.4 Å². The van der Waals surface area contributed by atoms with E-state index in [0.29, 0.717) is 0 Å². The first kappa shape index (κ1) is 15.1. The first-order chi connectivity index (χ1) is 10.3. The van der Waals surface area contributed by atoms with E-state index in [4.69, 9.17) is 0 Å². The van der Waals surface area contributed by atoms with E-state index in [1.54, 1.807) is 5.56 Å². The fourth-order valence-corrected chi connectivity index (χ4v) is 4.73. The molecule has 2 aliphatic rings. The Morgan fingerprint density at radius 1 is 0.810 bits per heavy atom. The van der Waals surface area contributed by atoms with Gasteiger partial charge in [-0.05, 0) is 49.5 Å². The minimum Gasteiger partial charge on any atom is -0.0590 e. The van der Waals surface area contributed by atoms with E-state index >= 15 is 0 Å². The molecule has 1 unspecified atom stereocenters. The SMILES string of the molecule is Cc1ccc(C(CC2CCCCC2)C2CCCCC2)cc1. The molecule has 2 aliphatic carbocycles. The van der Waals surface area contributed by atoms with Crippen molar-refractivity contribution in [1.29, 1.82) is 0 Å². The molecule has 1 aromatic carbocycles. The first-order valence-electron chi connectivity index (χ1n) is 9.39. The lowest BCUT2D eigenvalue weighted by Crippen LogP contribution is -2.20. The number of aryl methyl sites for hydroxylation is 1. The first-order valence-corrected chi connectivity index (χ1v) is 9.39. The monoisotopic (exact) mass is 284 g/mol. The molecule has 0 nitrogen and oxygen atoms in total. The smallest absolute Gasteiger partial charge is 0.0131 e. The van der Waals surface area contributed by atoms with Gasteiger partial charge in [-0.3, -0.25) is 0 Å². The summed E-state index contributed by atoms with van der Waals surface area (Å²) in [7, 11) is 0. The maximum Gasteiger partial charge on any atom is -0.0131 e. The zero-order valence-electron chi connectivity index (χ0n) is 13.8. The quantitative estimate of drug-likeness (QED) is 0.582. The van der Waals surface area contributed by atoms with E-state index in [2.05, 4.69) is 31.2 Å². The average Bonchev–Trinajstić information content (AvgIpc) is 2.55. The normalized spacial score (nSPS) is 23.1. The molecule has 0 bridgehead atoms. The van der Waals surface area contributed by atoms with Gasteiger partial charge in [-0.1, -0.05) is 81.2 Å². The number of benzene rings is 1. The molecule has 2 saturated carbocycles. The molecule has 0 spiro atoms. The van der Waals surface area contributed by atoms with E-state index in [1.165, 1.54) is 76.2 Å². The molecular weight excluding hydrogens is 252 g/mol. The van der Waals surface area contributed by atoms with Crippen LogP contribution in [0.5, 0.6) is 0 Å². The van der Waals surface area contributed by atoms with Gasteiger partial charge in [0.2, 0.25) is 0 Å². The highest BCUT2D eigenvalue weighted by molar-refractivity contribution is 5.25. The molecule has 0 saturated heterocycles. The van der Waals surface area contributed by atoms with Crippen molar-refractivity contribution >= 4 is 0 Å². The predicted molar refractivity (Wildman–Crippen MR) is 91.7 cm³/mol. The van der Waals surface area contributed by atoms with Gasteiger partial charge >= 0.3 is 0 Å². The Morgan fingerprint density at radius 3 is 2.00 bits per heavy atom. The second kappa shape index (κ2) is 7.47. The van der Waals surface area contributed by atoms with Crippen LogP contribution in [0.15, 0.2) is 24.3 Å². The summed E-state index contributed by atoms with van der Waals surface area (Å²) < 4.78 is 0. The third-order valence-corrected chi connectivity index (χ3v) is 6.04. The highest BCUT2D eigenvalue weighted by atomic mass is 14.3. The average molecular weight is 284 g/mol. The molecule has 0 aliphatic heterocycles. The number of hydrogen-bond donors (Lipinski definition) is 0. The minimum atomic E-state index is 0.842. The Balaban J connectivity index is 1.74. The van der Waals surface area contributed by atoms with Gasteiger partial charge in [0, 0.05) is 0 Å². The number of rotatable bonds is 4. The highest BCUT2D eigenvalue weighted by Gasteiger charge is 2.28. The molecule has 2 fully saturated rings. The van der Waals surface area contributed by atoms with Crippen molar-refractivity contribution in [3.8, 4) is 0 Å². The maximum atomic E-state index is 2.43. The van der Waals surface area contributed by atoms with Crippen LogP contribution in [0.25, 0.3) is 0 Å². The third-order valence-electron chi connectivity index (χ3n) is 6.04. The van der Waals surface area contributed by atoms with Crippen molar-refractivity contribution in [2.24, 2.45) is 11.8 Å². The van der Waals surface area contributed by atoms with Gasteiger partial charge < -0.3 is 0 Å². The highest BCUT2D eigenvalue weighted by Crippen LogP contribution is 2.42. The Kier molecular flexibility index (Phi) is 5.38. The van der Waals surface area contributed by atoms with Gasteiger partial charge in [0.15, 0.2) is 0 Å². The lowest BCUT2D eigenvalue weighted by atomic mass is 9.71. The molecule has 1 atom stereocenters. The van der Waals surface area contributed by atoms with Gasteiger partial charge in [-0.2, -0.15) is 0 Å². The zero-order valence-corrected chi connectivity index (χ0v) is 13.8. The molecular formula is C21H32. The lowest BCUT2D eigenvalue weighted by Gasteiger charge is -2.34. The van der Waals surface area contributed by atoms with E-state index in [-0.39, 0.29) is 0 Å². The topological polar surface area (TPSA) is 0 Å². The van der Waals surface area contributed by atoms with Crippen LogP contribution >= 0.6 is 0 Å². The standard InChI is InChI=1S/C21H32/c1-17-12-14-20(15-13-17)21(19-10-6-3-7-11-19)16-18-8-4-2-5-9-18/h12-15,18-19,21H,2-11,16H2,1H3. The molecule has 0 amide bonds. The largest absolute Gasteiger partial charge is 0.0590 e. The molecule has 21 heavy (non-hydrogen) atoms. The van der Waals surface area contributed by atoms with Crippen LogP contribution in [-0.2, 0) is 0 Å². The van der Waals surface area contributed by atoms with Crippen molar-refractivity contribution in [2.45, 2.75) is 83.5 Å². The molecule has 0 heteroatoms. The van der Waals surface area contributed by atoms with E-state index in [9.17, 15) is 0 Å². The summed E-state index contributed by atoms with van der Waals surface area (Å²) in [5, 5.41) is 0. The Hall–Kier alpha value is -0.780. The van der Waals surface area contributed by atoms with Crippen molar-refractivity contribution in [3.63, 3.8) is 0 Å². The summed E-state index contributed by atoms with van der Waals surface area (Å²) in [6, 6.07) is 9.51. The molecule has 3 rings (SSSR count). The van der Waals surface area contributed by atoms with E-state index in [1.807, 2.05) is 0 Å². The Bertz CT molecular complexity index is 404. The van der Waals surface area contributed by atoms with Gasteiger partial charge in [-0.15, -0.1) is 0 Å². The van der Waals surface area contributed by atoms with Crippen LogP contribution < -0.4 is 0 Å². The second-order valence-corrected chi connectivity index (χ2v) is 7.66. The third kappa shape index (κ3) is 4.11. The summed E-state index contributed by atoms with van der Waals surface area (Å²) in [6.45, 7) is 2.21. The molecule has 1 aromatic rings. The minimum absolute atomic E-state index is 0.842. The van der Waals surface area contributed by atoms with Crippen molar-refractivity contribution < 1.29 is 0 Å². The lowest BCUT2D eigenvalue weighted by molar-refractivity contribution is 0.240. The predicted octanol–water partition coefficient (Wildman–Crippen LogP) is 6.63. The molecule has 0 aromatic heterocycles. The van der Waals surface area contributed by atoms with Crippen molar-refractivity contribution in [2.75, 3.05) is 0 Å². The van der Waals surface area contributed by atoms with E-state index in [0.717, 1.165) is 17.8 Å². The second-order valence-electron chi connectivity index (χ2n) is 7.66. The summed E-state index contributed by atoms with van der Waals surface area (Å²) in [4.78, 5) is 0. The van der Waals surface area contributed by atoms with Gasteiger partial charge in [0.25, 0.3) is 0 Å². The van der Waals surface area contributed by atoms with Crippen LogP contribution in [0.4, 0.5) is 0 Å². The van der Waals surface area contributed by atoms with Gasteiger partial charge in [0.05, 0.1) is 0 Å². The van der Waals surface area contributed by atoms with E-state index < -0.39 is 0 Å². The van der Waals surface area contributed by atoms with Gasteiger partial charge in [-0.25, -0.2) is 0 Å². The van der Waals surface area contributed by atoms with Crippen LogP contribution in [0.1, 0.15) is 87.7 Å². The summed E-state index contributed by atoms with van der Waals surface area (Å²) in [5.41, 5.74) is 3.04. The number of hydrogen-bond acceptors (Lipinski definition) is 0. The zero-order chi connectivity index (χ0) is 14.5. The van der Waals surface area contributed by atoms with Gasteiger partial charge in [0.1, 0.15) is 0 Å². The Labute approximate surface area is 131 Å². The summed E-state index contributed by atoms with van der Waals surface area (Å²) in [6.07, 6.45) is 16.3. The summed E-state index contributed by atoms with van der Waals surface area (Å²) >= 11 is 0. The van der Waals surface area contributed by atoms with Crippen LogP contribution in [-0.4, -0.2) is 0 Å².